The molecule has 190 valence electrons. The van der Waals surface area contributed by atoms with E-state index in [1.54, 1.807) is 22.0 Å². The third-order valence-electron chi connectivity index (χ3n) is 6.30. The molecular weight excluding hydrogens is 470 g/mol. The summed E-state index contributed by atoms with van der Waals surface area (Å²) in [6.45, 7) is 0.954. The number of ether oxygens (including phenoxy) is 1. The number of nitrogens with one attached hydrogen (secondary N) is 1. The Morgan fingerprint density at radius 3 is 2.41 bits per heavy atom. The van der Waals surface area contributed by atoms with Gasteiger partial charge >= 0.3 is 6.03 Å². The second-order valence-electron chi connectivity index (χ2n) is 8.65. The number of carbonyl (C=O) groups excluding carboxylic acids is 3. The second-order valence-corrected chi connectivity index (χ2v) is 8.65. The molecule has 37 heavy (non-hydrogen) atoms. The van der Waals surface area contributed by atoms with E-state index in [4.69, 9.17) is 17.6 Å². The number of hydrogen-bond donors (Lipinski definition) is 1. The molecule has 1 N–H and O–H groups in total. The van der Waals surface area contributed by atoms with Crippen LogP contribution in [0, 0.1) is 24.7 Å². The third-order valence-corrected chi connectivity index (χ3v) is 6.30. The van der Waals surface area contributed by atoms with Crippen LogP contribution in [0.25, 0.3) is 0 Å². The first-order chi connectivity index (χ1) is 18.0. The van der Waals surface area contributed by atoms with E-state index in [9.17, 15) is 14.4 Å². The van der Waals surface area contributed by atoms with Crippen molar-refractivity contribution in [3.05, 3.63) is 71.8 Å². The van der Waals surface area contributed by atoms with Crippen LogP contribution in [0.5, 0.6) is 0 Å². The normalized spacial score (nSPS) is 19.7. The summed E-state index contributed by atoms with van der Waals surface area (Å²) in [4.78, 5) is 43.8. The molecule has 2 aliphatic rings. The molecule has 4 amide bonds. The fourth-order valence-electron chi connectivity index (χ4n) is 4.65. The van der Waals surface area contributed by atoms with Gasteiger partial charge in [-0.05, 0) is 11.1 Å². The number of carbonyl (C=O) groups is 3. The quantitative estimate of drug-likeness (QED) is 0.439. The van der Waals surface area contributed by atoms with Gasteiger partial charge in [0.1, 0.15) is 18.8 Å². The van der Waals surface area contributed by atoms with Gasteiger partial charge in [0.15, 0.2) is 0 Å². The summed E-state index contributed by atoms with van der Waals surface area (Å²) >= 11 is 0. The smallest absolute Gasteiger partial charge is 0.334 e. The molecular formula is C28H29N5O4. The number of nitrogens with zero attached hydrogens (tertiary/aromatic N) is 4. The lowest BCUT2D eigenvalue weighted by molar-refractivity contribution is -0.190. The van der Waals surface area contributed by atoms with E-state index in [-0.39, 0.29) is 51.2 Å². The van der Waals surface area contributed by atoms with Gasteiger partial charge in [-0.3, -0.25) is 9.59 Å². The Bertz CT molecular complexity index is 1190. The van der Waals surface area contributed by atoms with Crippen molar-refractivity contribution < 1.29 is 19.1 Å². The van der Waals surface area contributed by atoms with Crippen molar-refractivity contribution >= 4 is 17.8 Å². The zero-order valence-corrected chi connectivity index (χ0v) is 20.5. The predicted octanol–water partition coefficient (Wildman–Crippen LogP) is 1.45. The van der Waals surface area contributed by atoms with Crippen LogP contribution in [-0.2, 0) is 20.9 Å². The maximum Gasteiger partial charge on any atom is 0.334 e. The van der Waals surface area contributed by atoms with E-state index < -0.39 is 18.2 Å². The molecule has 2 heterocycles. The van der Waals surface area contributed by atoms with Crippen LogP contribution in [0.1, 0.15) is 17.2 Å². The van der Waals surface area contributed by atoms with Crippen molar-refractivity contribution in [1.82, 2.24) is 25.1 Å². The molecule has 2 aromatic rings. The minimum Gasteiger partial charge on any atom is -0.367 e. The number of benzene rings is 2. The molecule has 0 radical (unpaired) electrons. The van der Waals surface area contributed by atoms with Crippen molar-refractivity contribution in [3.63, 3.8) is 0 Å². The Balaban J connectivity index is 1.66. The molecule has 2 fully saturated rings. The minimum atomic E-state index is -0.891. The van der Waals surface area contributed by atoms with Gasteiger partial charge in [0.05, 0.1) is 26.2 Å². The zero-order chi connectivity index (χ0) is 26.2. The molecule has 0 bridgehead atoms. The number of amides is 4. The Labute approximate surface area is 216 Å². The van der Waals surface area contributed by atoms with E-state index in [0.29, 0.717) is 12.1 Å². The zero-order valence-electron chi connectivity index (χ0n) is 20.5. The third kappa shape index (κ3) is 5.75. The Morgan fingerprint density at radius 2 is 1.73 bits per heavy atom. The molecule has 0 unspecified atom stereocenters. The van der Waals surface area contributed by atoms with Crippen LogP contribution in [0.2, 0.25) is 0 Å². The molecule has 0 aromatic heterocycles. The lowest BCUT2D eigenvalue weighted by Crippen LogP contribution is -2.74. The topological polar surface area (TPSA) is 85.4 Å². The van der Waals surface area contributed by atoms with Crippen LogP contribution in [0.4, 0.5) is 4.79 Å². The Hall–Kier alpha value is -4.31. The molecule has 2 aromatic carbocycles. The number of piperazine rings is 1. The van der Waals surface area contributed by atoms with Crippen molar-refractivity contribution in [1.29, 1.82) is 0 Å². The summed E-state index contributed by atoms with van der Waals surface area (Å²) < 4.78 is 5.41. The Morgan fingerprint density at radius 1 is 1.03 bits per heavy atom. The number of terminal acetylenes is 2. The van der Waals surface area contributed by atoms with Crippen LogP contribution in [0.3, 0.4) is 0 Å². The summed E-state index contributed by atoms with van der Waals surface area (Å²) in [6, 6.07) is 17.3. The van der Waals surface area contributed by atoms with Gasteiger partial charge in [-0.1, -0.05) is 72.5 Å². The van der Waals surface area contributed by atoms with Gasteiger partial charge in [0, 0.05) is 13.1 Å². The number of hydrazine groups is 1. The number of hydrogen-bond acceptors (Lipinski definition) is 5. The van der Waals surface area contributed by atoms with Crippen LogP contribution < -0.4 is 5.32 Å². The van der Waals surface area contributed by atoms with Crippen LogP contribution in [0.15, 0.2) is 60.7 Å². The number of urea groups is 1. The van der Waals surface area contributed by atoms with Crippen LogP contribution in [-0.4, -0.2) is 83.2 Å². The maximum absolute atomic E-state index is 13.7. The maximum atomic E-state index is 13.7. The van der Waals surface area contributed by atoms with E-state index in [1.165, 1.54) is 9.91 Å². The van der Waals surface area contributed by atoms with Crippen LogP contribution >= 0.6 is 0 Å². The molecule has 9 nitrogen and oxygen atoms in total. The lowest BCUT2D eigenvalue weighted by atomic mass is 9.99. The van der Waals surface area contributed by atoms with Crippen molar-refractivity contribution in [3.8, 4) is 24.7 Å². The largest absolute Gasteiger partial charge is 0.367 e. The first-order valence-corrected chi connectivity index (χ1v) is 12.0. The Kier molecular flexibility index (Phi) is 8.42. The lowest BCUT2D eigenvalue weighted by Gasteiger charge is -2.54. The molecule has 2 saturated heterocycles. The van der Waals surface area contributed by atoms with Gasteiger partial charge in [-0.15, -0.1) is 12.8 Å². The fourth-order valence-corrected chi connectivity index (χ4v) is 4.65. The van der Waals surface area contributed by atoms with Gasteiger partial charge in [-0.25, -0.2) is 9.80 Å². The monoisotopic (exact) mass is 499 g/mol. The molecule has 0 saturated carbocycles. The summed E-state index contributed by atoms with van der Waals surface area (Å²) in [7, 11) is 0. The first-order valence-electron chi connectivity index (χ1n) is 12.0. The average Bonchev–Trinajstić information content (AvgIpc) is 2.91. The first kappa shape index (κ1) is 25.8. The second kappa shape index (κ2) is 12.1. The standard InChI is InChI=1S/C28H29N5O4/c1-3-15-31-21-25(34)32-24(33(31)28(36)29-19-22-11-7-5-8-12-22)20-30(16-18-37-17-4-2)27(35)26(32)23-13-9-6-10-14-23/h1-2,5-14,24,26H,15-21H2,(H,29,36)/t24-,26-/m0/s1. The van der Waals surface area contributed by atoms with Crippen molar-refractivity contribution in [2.24, 2.45) is 0 Å². The van der Waals surface area contributed by atoms with Gasteiger partial charge in [0.25, 0.3) is 0 Å². The van der Waals surface area contributed by atoms with E-state index in [1.807, 2.05) is 48.5 Å². The molecule has 0 aliphatic carbocycles. The average molecular weight is 500 g/mol. The molecule has 9 heteroatoms. The van der Waals surface area contributed by atoms with E-state index in [0.717, 1.165) is 5.56 Å². The highest BCUT2D eigenvalue weighted by atomic mass is 16.5. The highest BCUT2D eigenvalue weighted by molar-refractivity contribution is 5.92. The fraction of sp³-hybridized carbons (Fsp3) is 0.321. The number of rotatable bonds is 8. The van der Waals surface area contributed by atoms with Gasteiger partial charge in [-0.2, -0.15) is 5.01 Å². The van der Waals surface area contributed by atoms with E-state index in [2.05, 4.69) is 17.2 Å². The summed E-state index contributed by atoms with van der Waals surface area (Å²) in [5, 5.41) is 5.96. The minimum absolute atomic E-state index is 0.0596. The highest BCUT2D eigenvalue weighted by Gasteiger charge is 2.51. The summed E-state index contributed by atoms with van der Waals surface area (Å²) in [5.41, 5.74) is 1.59. The van der Waals surface area contributed by atoms with Gasteiger partial charge < -0.3 is 19.9 Å². The molecule has 2 atom stereocenters. The number of fused-ring (bicyclic) bond motifs is 1. The van der Waals surface area contributed by atoms with E-state index >= 15 is 0 Å². The molecule has 4 rings (SSSR count). The summed E-state index contributed by atoms with van der Waals surface area (Å²) in [6.07, 6.45) is 10.1. The van der Waals surface area contributed by atoms with Crippen molar-refractivity contribution in [2.45, 2.75) is 18.8 Å². The SMILES string of the molecule is C#CCOCCN1C[C@H]2N(C(=O)CN(CC#C)N2C(=O)NCc2ccccc2)[C@@H](c2ccccc2)C1=O. The highest BCUT2D eigenvalue weighted by Crippen LogP contribution is 2.34. The van der Waals surface area contributed by atoms with Crippen molar-refractivity contribution in [2.75, 3.05) is 39.4 Å². The summed E-state index contributed by atoms with van der Waals surface area (Å²) in [5.74, 6) is 4.42. The molecule has 0 spiro atoms. The predicted molar refractivity (Wildman–Crippen MR) is 137 cm³/mol. The van der Waals surface area contributed by atoms with Gasteiger partial charge in [0.2, 0.25) is 11.8 Å². The molecule has 2 aliphatic heterocycles.